The van der Waals surface area contributed by atoms with Crippen LogP contribution < -0.4 is 14.7 Å². The first-order valence-corrected chi connectivity index (χ1v) is 12.3. The van der Waals surface area contributed by atoms with Crippen LogP contribution in [0.1, 0.15) is 63.5 Å². The molecule has 32 heavy (non-hydrogen) atoms. The maximum absolute atomic E-state index is 13.2. The molecule has 0 bridgehead atoms. The monoisotopic (exact) mass is 462 g/mol. The van der Waals surface area contributed by atoms with E-state index in [-0.39, 0.29) is 17.9 Å². The first kappa shape index (κ1) is 24.1. The van der Waals surface area contributed by atoms with Crippen molar-refractivity contribution in [2.24, 2.45) is 11.4 Å². The summed E-state index contributed by atoms with van der Waals surface area (Å²) >= 11 is 0. The van der Waals surface area contributed by atoms with Gasteiger partial charge in [-0.2, -0.15) is 13.5 Å². The zero-order chi connectivity index (χ0) is 23.5. The number of rotatable bonds is 7. The third kappa shape index (κ3) is 5.80. The Morgan fingerprint density at radius 2 is 1.78 bits per heavy atom. The van der Waals surface area contributed by atoms with Crippen LogP contribution in [0.25, 0.3) is 0 Å². The smallest absolute Gasteiger partial charge is 0.345 e. The molecule has 2 heterocycles. The fourth-order valence-electron chi connectivity index (χ4n) is 3.68. The molecule has 1 N–H and O–H groups in total. The van der Waals surface area contributed by atoms with Gasteiger partial charge in [0.05, 0.1) is 23.9 Å². The topological polar surface area (TPSA) is 112 Å². The predicted octanol–water partition coefficient (Wildman–Crippen LogP) is 2.73. The van der Waals surface area contributed by atoms with Gasteiger partial charge in [-0.3, -0.25) is 4.68 Å². The molecule has 1 aromatic carbocycles. The van der Waals surface area contributed by atoms with E-state index in [1.165, 1.54) is 15.2 Å². The van der Waals surface area contributed by atoms with Crippen LogP contribution >= 0.6 is 0 Å². The molecule has 1 saturated heterocycles. The quantitative estimate of drug-likeness (QED) is 0.500. The summed E-state index contributed by atoms with van der Waals surface area (Å²) in [6, 6.07) is 4.53. The van der Waals surface area contributed by atoms with Crippen LogP contribution in [0.2, 0.25) is 0 Å². The second-order valence-electron chi connectivity index (χ2n) is 8.71. The molecule has 0 spiro atoms. The van der Waals surface area contributed by atoms with Gasteiger partial charge in [-0.05, 0) is 47.9 Å². The van der Waals surface area contributed by atoms with Crippen molar-refractivity contribution in [3.05, 3.63) is 41.7 Å². The number of benzene rings is 1. The van der Waals surface area contributed by atoms with Crippen molar-refractivity contribution in [2.45, 2.75) is 58.4 Å². The Kier molecular flexibility index (Phi) is 7.45. The fraction of sp³-hybridized carbons (Fsp3) is 0.545. The molecule has 1 aliphatic rings. The molecule has 0 aliphatic carbocycles. The normalized spacial score (nSPS) is 16.0. The Hall–Kier alpha value is -2.59. The Balaban J connectivity index is 1.92. The Bertz CT molecular complexity index is 1030. The summed E-state index contributed by atoms with van der Waals surface area (Å²) in [5, 5.41) is 19.4. The van der Waals surface area contributed by atoms with Gasteiger partial charge >= 0.3 is 10.2 Å². The van der Waals surface area contributed by atoms with Gasteiger partial charge in [0.25, 0.3) is 0 Å². The van der Waals surface area contributed by atoms with E-state index in [1.54, 1.807) is 13.2 Å². The Morgan fingerprint density at radius 1 is 1.19 bits per heavy atom. The molecule has 0 saturated carbocycles. The van der Waals surface area contributed by atoms with Crippen LogP contribution in [-0.4, -0.2) is 43.5 Å². The Labute approximate surface area is 190 Å². The van der Waals surface area contributed by atoms with Crippen molar-refractivity contribution in [3.8, 4) is 0 Å². The van der Waals surface area contributed by atoms with Crippen LogP contribution in [0.3, 0.4) is 0 Å². The van der Waals surface area contributed by atoms with Crippen molar-refractivity contribution >= 4 is 27.6 Å². The second kappa shape index (κ2) is 9.91. The molecule has 10 heteroatoms. The summed E-state index contributed by atoms with van der Waals surface area (Å²) < 4.78 is 38.1. The van der Waals surface area contributed by atoms with Crippen molar-refractivity contribution in [3.63, 3.8) is 0 Å². The number of hydrogen-bond donors (Lipinski definition) is 1. The van der Waals surface area contributed by atoms with Crippen LogP contribution in [0, 0.1) is 0 Å². The average molecular weight is 463 g/mol. The second-order valence-corrected chi connectivity index (χ2v) is 10.2. The number of aromatic nitrogens is 2. The third-order valence-electron chi connectivity index (χ3n) is 5.48. The summed E-state index contributed by atoms with van der Waals surface area (Å²) in [4.78, 5) is 0. The maximum atomic E-state index is 13.2. The highest BCUT2D eigenvalue weighted by Gasteiger charge is 2.32. The molecule has 2 aromatic rings. The van der Waals surface area contributed by atoms with Gasteiger partial charge in [0, 0.05) is 32.1 Å². The van der Waals surface area contributed by atoms with E-state index in [1.807, 2.05) is 12.1 Å². The van der Waals surface area contributed by atoms with Crippen molar-refractivity contribution in [2.75, 3.05) is 22.8 Å². The molecule has 0 radical (unpaired) electrons. The van der Waals surface area contributed by atoms with Crippen LogP contribution in [-0.2, 0) is 22.0 Å². The van der Waals surface area contributed by atoms with E-state index >= 15 is 0 Å². The zero-order valence-electron chi connectivity index (χ0n) is 19.3. The van der Waals surface area contributed by atoms with Gasteiger partial charge in [-0.15, -0.1) is 4.40 Å². The molecule has 1 aliphatic heterocycles. The molecule has 0 atom stereocenters. The Morgan fingerprint density at radius 3 is 2.28 bits per heavy atom. The molecule has 0 unspecified atom stereocenters. The molecule has 1 fully saturated rings. The molecule has 1 aromatic heterocycles. The van der Waals surface area contributed by atoms with Crippen LogP contribution in [0.15, 0.2) is 35.0 Å². The minimum Gasteiger partial charge on any atom is -0.845 e. The molecule has 9 nitrogen and oxygen atoms in total. The summed E-state index contributed by atoms with van der Waals surface area (Å²) in [6.07, 6.45) is 4.09. The van der Waals surface area contributed by atoms with Crippen molar-refractivity contribution in [1.82, 2.24) is 9.78 Å². The molecular weight excluding hydrogens is 430 g/mol. The number of nitrogens with one attached hydrogen (secondary N) is 1. The van der Waals surface area contributed by atoms with E-state index in [0.717, 1.165) is 11.1 Å². The standard InChI is InChI=1S/C22H33N5O4S/c1-15(2)17-10-18(16(3)4)12-19(11-17)24-22(28)25-32(29,30)27(20-6-8-31-9-7-20)21-13-23-26(5)14-21/h10-16,20H,6-9H2,1-5H3,(H2,24,25,28)/p-1. The summed E-state index contributed by atoms with van der Waals surface area (Å²) in [6.45, 7) is 9.17. The fourth-order valence-corrected chi connectivity index (χ4v) is 4.98. The van der Waals surface area contributed by atoms with Gasteiger partial charge in [0.1, 0.15) is 0 Å². The molecule has 3 rings (SSSR count). The number of amidine groups is 1. The minimum atomic E-state index is -4.30. The highest BCUT2D eigenvalue weighted by molar-refractivity contribution is 7.91. The van der Waals surface area contributed by atoms with E-state index in [0.29, 0.717) is 37.4 Å². The lowest BCUT2D eigenvalue weighted by Gasteiger charge is -2.33. The summed E-state index contributed by atoms with van der Waals surface area (Å²) in [5.41, 5.74) is 3.03. The first-order valence-electron chi connectivity index (χ1n) is 10.9. The highest BCUT2D eigenvalue weighted by Crippen LogP contribution is 2.28. The van der Waals surface area contributed by atoms with Crippen molar-refractivity contribution < 1.29 is 18.3 Å². The number of hydrogen-bond acceptors (Lipinski definition) is 5. The van der Waals surface area contributed by atoms with Crippen LogP contribution in [0.4, 0.5) is 11.4 Å². The third-order valence-corrected chi connectivity index (χ3v) is 6.88. The number of nitrogens with zero attached hydrogens (tertiary/aromatic N) is 4. The molecular formula is C22H32N5O4S-. The van der Waals surface area contributed by atoms with Gasteiger partial charge in [-0.25, -0.2) is 4.31 Å². The largest absolute Gasteiger partial charge is 0.845 e. The van der Waals surface area contributed by atoms with E-state index in [2.05, 4.69) is 48.6 Å². The maximum Gasteiger partial charge on any atom is 0.345 e. The lowest BCUT2D eigenvalue weighted by molar-refractivity contribution is -0.213. The van der Waals surface area contributed by atoms with Crippen molar-refractivity contribution in [1.29, 1.82) is 0 Å². The van der Waals surface area contributed by atoms with Gasteiger partial charge in [0.15, 0.2) is 0 Å². The van der Waals surface area contributed by atoms with Gasteiger partial charge < -0.3 is 15.2 Å². The van der Waals surface area contributed by atoms with Gasteiger partial charge in [-0.1, -0.05) is 33.8 Å². The van der Waals surface area contributed by atoms with E-state index in [4.69, 9.17) is 4.74 Å². The zero-order valence-corrected chi connectivity index (χ0v) is 20.1. The highest BCUT2D eigenvalue weighted by atomic mass is 32.2. The summed E-state index contributed by atoms with van der Waals surface area (Å²) in [5.74, 6) is 0.527. The molecule has 176 valence electrons. The lowest BCUT2D eigenvalue weighted by Crippen LogP contribution is -2.44. The lowest BCUT2D eigenvalue weighted by atomic mass is 9.95. The van der Waals surface area contributed by atoms with Crippen LogP contribution in [0.5, 0.6) is 0 Å². The SMILES string of the molecule is CC(C)c1cc(N/C([O-])=N/S(=O)(=O)N(c2cnn(C)c2)C2CCOCC2)cc(C(C)C)c1. The van der Waals surface area contributed by atoms with E-state index < -0.39 is 16.2 Å². The minimum absolute atomic E-state index is 0.264. The predicted molar refractivity (Wildman–Crippen MR) is 124 cm³/mol. The average Bonchev–Trinajstić information content (AvgIpc) is 3.13. The number of ether oxygens (including phenoxy) is 1. The first-order chi connectivity index (χ1) is 15.1. The number of anilines is 2. The molecule has 0 amide bonds. The van der Waals surface area contributed by atoms with E-state index in [9.17, 15) is 13.5 Å². The summed E-state index contributed by atoms with van der Waals surface area (Å²) in [7, 11) is -2.59. The number of aryl methyl sites for hydroxylation is 1. The van der Waals surface area contributed by atoms with Gasteiger partial charge in [0.2, 0.25) is 0 Å².